The molecular weight excluding hydrogens is 212 g/mol. The zero-order valence-electron chi connectivity index (χ0n) is 11.1. The zero-order chi connectivity index (χ0) is 12.3. The van der Waals surface area contributed by atoms with E-state index in [0.29, 0.717) is 5.95 Å². The molecule has 0 aromatic carbocycles. The van der Waals surface area contributed by atoms with Gasteiger partial charge in [-0.25, -0.2) is 4.98 Å². The Balaban J connectivity index is 2.16. The first-order valence-corrected chi connectivity index (χ1v) is 6.67. The summed E-state index contributed by atoms with van der Waals surface area (Å²) in [4.78, 5) is 4.59. The summed E-state index contributed by atoms with van der Waals surface area (Å²) >= 11 is 0. The van der Waals surface area contributed by atoms with Crippen molar-refractivity contribution in [3.63, 3.8) is 0 Å². The summed E-state index contributed by atoms with van der Waals surface area (Å²) < 4.78 is 0. The summed E-state index contributed by atoms with van der Waals surface area (Å²) in [6, 6.07) is 0. The highest BCUT2D eigenvalue weighted by Gasteiger charge is 2.29. The third-order valence-corrected chi connectivity index (χ3v) is 3.63. The average molecular weight is 234 g/mol. The second-order valence-corrected chi connectivity index (χ2v) is 5.13. The van der Waals surface area contributed by atoms with Gasteiger partial charge in [-0.15, -0.1) is 5.10 Å². The number of aromatic nitrogens is 3. The van der Waals surface area contributed by atoms with Crippen molar-refractivity contribution in [2.45, 2.75) is 64.8 Å². The summed E-state index contributed by atoms with van der Waals surface area (Å²) in [5.41, 5.74) is 2.27. The van der Waals surface area contributed by atoms with Gasteiger partial charge in [0, 0.05) is 5.54 Å². The Morgan fingerprint density at radius 1 is 1.06 bits per heavy atom. The quantitative estimate of drug-likeness (QED) is 0.870. The number of hydrogen-bond donors (Lipinski definition) is 1. The van der Waals surface area contributed by atoms with Gasteiger partial charge in [0.05, 0.1) is 11.4 Å². The van der Waals surface area contributed by atoms with Crippen LogP contribution < -0.4 is 5.32 Å². The Morgan fingerprint density at radius 3 is 2.29 bits per heavy atom. The van der Waals surface area contributed by atoms with Crippen LogP contribution in [0.25, 0.3) is 0 Å². The summed E-state index contributed by atoms with van der Waals surface area (Å²) in [6.07, 6.45) is 6.82. The molecule has 1 fully saturated rings. The average Bonchev–Trinajstić information content (AvgIpc) is 2.75. The molecule has 0 bridgehead atoms. The van der Waals surface area contributed by atoms with Crippen molar-refractivity contribution in [3.05, 3.63) is 11.4 Å². The van der Waals surface area contributed by atoms with Gasteiger partial charge >= 0.3 is 0 Å². The van der Waals surface area contributed by atoms with E-state index in [1.165, 1.54) is 25.7 Å². The first-order valence-electron chi connectivity index (χ1n) is 6.67. The van der Waals surface area contributed by atoms with Crippen LogP contribution in [-0.2, 0) is 12.8 Å². The largest absolute Gasteiger partial charge is 0.348 e. The van der Waals surface area contributed by atoms with Crippen molar-refractivity contribution >= 4 is 5.95 Å². The zero-order valence-corrected chi connectivity index (χ0v) is 11.1. The van der Waals surface area contributed by atoms with E-state index in [9.17, 15) is 0 Å². The van der Waals surface area contributed by atoms with Gasteiger partial charge in [0.2, 0.25) is 5.95 Å². The number of rotatable bonds is 4. The third-order valence-electron chi connectivity index (χ3n) is 3.63. The molecule has 2 rings (SSSR count). The van der Waals surface area contributed by atoms with Crippen molar-refractivity contribution < 1.29 is 0 Å². The van der Waals surface area contributed by atoms with Crippen LogP contribution >= 0.6 is 0 Å². The molecular formula is C13H22N4. The second kappa shape index (κ2) is 4.98. The van der Waals surface area contributed by atoms with Crippen LogP contribution in [0, 0.1) is 0 Å². The molecule has 0 spiro atoms. The van der Waals surface area contributed by atoms with E-state index in [0.717, 1.165) is 24.2 Å². The number of aryl methyl sites for hydroxylation is 2. The maximum Gasteiger partial charge on any atom is 0.243 e. The topological polar surface area (TPSA) is 50.7 Å². The molecule has 1 aliphatic carbocycles. The van der Waals surface area contributed by atoms with E-state index < -0.39 is 0 Å². The SMILES string of the molecule is CCc1nnc(NC2(C)CCCC2)nc1CC. The Labute approximate surface area is 103 Å². The van der Waals surface area contributed by atoms with E-state index >= 15 is 0 Å². The van der Waals surface area contributed by atoms with Gasteiger partial charge < -0.3 is 5.32 Å². The fourth-order valence-corrected chi connectivity index (χ4v) is 2.54. The molecule has 0 saturated heterocycles. The molecule has 0 atom stereocenters. The first kappa shape index (κ1) is 12.3. The van der Waals surface area contributed by atoms with Crippen molar-refractivity contribution in [1.29, 1.82) is 0 Å². The minimum atomic E-state index is 0.167. The molecule has 17 heavy (non-hydrogen) atoms. The Hall–Kier alpha value is -1.19. The van der Waals surface area contributed by atoms with E-state index in [4.69, 9.17) is 0 Å². The van der Waals surface area contributed by atoms with Crippen LogP contribution in [0.4, 0.5) is 5.95 Å². The summed E-state index contributed by atoms with van der Waals surface area (Å²) in [5.74, 6) is 0.698. The Bertz CT molecular complexity index is 383. The predicted octanol–water partition coefficient (Wildman–Crippen LogP) is 2.74. The monoisotopic (exact) mass is 234 g/mol. The fourth-order valence-electron chi connectivity index (χ4n) is 2.54. The molecule has 1 aromatic heterocycles. The maximum atomic E-state index is 4.59. The lowest BCUT2D eigenvalue weighted by molar-refractivity contribution is 0.525. The van der Waals surface area contributed by atoms with Gasteiger partial charge in [0.25, 0.3) is 0 Å². The van der Waals surface area contributed by atoms with Gasteiger partial charge in [-0.2, -0.15) is 5.10 Å². The molecule has 94 valence electrons. The number of hydrogen-bond acceptors (Lipinski definition) is 4. The summed E-state index contributed by atoms with van der Waals surface area (Å²) in [7, 11) is 0. The molecule has 1 N–H and O–H groups in total. The summed E-state index contributed by atoms with van der Waals surface area (Å²) in [5, 5.41) is 11.9. The lowest BCUT2D eigenvalue weighted by Crippen LogP contribution is -2.32. The van der Waals surface area contributed by atoms with Crippen LogP contribution in [0.2, 0.25) is 0 Å². The molecule has 0 aliphatic heterocycles. The maximum absolute atomic E-state index is 4.59. The van der Waals surface area contributed by atoms with Crippen LogP contribution in [0.5, 0.6) is 0 Å². The number of nitrogens with one attached hydrogen (secondary N) is 1. The molecule has 0 radical (unpaired) electrons. The van der Waals surface area contributed by atoms with Crippen LogP contribution in [0.15, 0.2) is 0 Å². The molecule has 1 saturated carbocycles. The number of anilines is 1. The Morgan fingerprint density at radius 2 is 1.71 bits per heavy atom. The summed E-state index contributed by atoms with van der Waals surface area (Å²) in [6.45, 7) is 6.46. The molecule has 4 heteroatoms. The van der Waals surface area contributed by atoms with Crippen LogP contribution in [-0.4, -0.2) is 20.7 Å². The van der Waals surface area contributed by atoms with E-state index in [1.54, 1.807) is 0 Å². The van der Waals surface area contributed by atoms with Gasteiger partial charge in [-0.3, -0.25) is 0 Å². The normalized spacial score (nSPS) is 18.3. The van der Waals surface area contributed by atoms with Crippen molar-refractivity contribution in [2.24, 2.45) is 0 Å². The van der Waals surface area contributed by atoms with Crippen LogP contribution in [0.3, 0.4) is 0 Å². The van der Waals surface area contributed by atoms with Crippen molar-refractivity contribution in [1.82, 2.24) is 15.2 Å². The van der Waals surface area contributed by atoms with Gasteiger partial charge in [0.1, 0.15) is 0 Å². The molecule has 1 aromatic rings. The third kappa shape index (κ3) is 2.73. The lowest BCUT2D eigenvalue weighted by Gasteiger charge is -2.25. The number of nitrogens with zero attached hydrogens (tertiary/aromatic N) is 3. The smallest absolute Gasteiger partial charge is 0.243 e. The fraction of sp³-hybridized carbons (Fsp3) is 0.769. The first-order chi connectivity index (χ1) is 8.17. The van der Waals surface area contributed by atoms with Crippen molar-refractivity contribution in [3.8, 4) is 0 Å². The minimum absolute atomic E-state index is 0.167. The lowest BCUT2D eigenvalue weighted by atomic mass is 10.0. The standard InChI is InChI=1S/C13H22N4/c1-4-10-11(5-2)16-17-12(14-10)15-13(3)8-6-7-9-13/h4-9H2,1-3H3,(H,14,15,17). The van der Waals surface area contributed by atoms with E-state index in [2.05, 4.69) is 41.3 Å². The molecule has 0 amide bonds. The molecule has 1 heterocycles. The molecule has 0 unspecified atom stereocenters. The Kier molecular flexibility index (Phi) is 3.60. The highest BCUT2D eigenvalue weighted by molar-refractivity contribution is 5.30. The van der Waals surface area contributed by atoms with E-state index in [-0.39, 0.29) is 5.54 Å². The minimum Gasteiger partial charge on any atom is -0.348 e. The highest BCUT2D eigenvalue weighted by atomic mass is 15.3. The van der Waals surface area contributed by atoms with E-state index in [1.807, 2.05) is 0 Å². The second-order valence-electron chi connectivity index (χ2n) is 5.13. The van der Waals surface area contributed by atoms with Crippen molar-refractivity contribution in [2.75, 3.05) is 5.32 Å². The molecule has 4 nitrogen and oxygen atoms in total. The van der Waals surface area contributed by atoms with Gasteiger partial charge in [0.15, 0.2) is 0 Å². The van der Waals surface area contributed by atoms with Gasteiger partial charge in [-0.1, -0.05) is 26.7 Å². The highest BCUT2D eigenvalue weighted by Crippen LogP contribution is 2.31. The molecule has 1 aliphatic rings. The van der Waals surface area contributed by atoms with Crippen LogP contribution in [0.1, 0.15) is 57.8 Å². The predicted molar refractivity (Wildman–Crippen MR) is 69.1 cm³/mol. The van der Waals surface area contributed by atoms with Gasteiger partial charge in [-0.05, 0) is 32.6 Å².